The van der Waals surface area contributed by atoms with Gasteiger partial charge in [0, 0.05) is 28.9 Å². The minimum absolute atomic E-state index is 0.00969. The SMILES string of the molecule is CC(Cn1c(=O)c(=O)[nH]c2cc(C(=O)O)ccc21)S(C)=O. The van der Waals surface area contributed by atoms with Crippen molar-refractivity contribution in [3.8, 4) is 0 Å². The smallest absolute Gasteiger partial charge is 0.335 e. The summed E-state index contributed by atoms with van der Waals surface area (Å²) in [4.78, 5) is 37.0. The molecule has 112 valence electrons. The molecule has 0 fully saturated rings. The fraction of sp³-hybridized carbons (Fsp3) is 0.308. The zero-order valence-corrected chi connectivity index (χ0v) is 12.3. The maximum atomic E-state index is 12.0. The summed E-state index contributed by atoms with van der Waals surface area (Å²) in [5.74, 6) is -1.13. The van der Waals surface area contributed by atoms with E-state index < -0.39 is 27.9 Å². The fourth-order valence-corrected chi connectivity index (χ4v) is 2.31. The second-order valence-electron chi connectivity index (χ2n) is 4.72. The molecule has 1 aromatic carbocycles. The number of carboxylic acid groups (broad SMARTS) is 1. The van der Waals surface area contributed by atoms with Crippen LogP contribution in [0.3, 0.4) is 0 Å². The molecule has 2 rings (SSSR count). The number of carboxylic acids is 1. The third-order valence-electron chi connectivity index (χ3n) is 3.23. The van der Waals surface area contributed by atoms with Crippen molar-refractivity contribution in [1.29, 1.82) is 0 Å². The molecule has 0 saturated heterocycles. The molecule has 2 N–H and O–H groups in total. The maximum absolute atomic E-state index is 12.0. The van der Waals surface area contributed by atoms with Gasteiger partial charge >= 0.3 is 17.1 Å². The molecule has 1 aromatic heterocycles. The minimum Gasteiger partial charge on any atom is -0.478 e. The summed E-state index contributed by atoms with van der Waals surface area (Å²) in [6.45, 7) is 1.83. The predicted octanol–water partition coefficient (Wildman–Crippen LogP) is 0.155. The number of H-pyrrole nitrogens is 1. The molecule has 0 aliphatic carbocycles. The number of nitrogens with one attached hydrogen (secondary N) is 1. The van der Waals surface area contributed by atoms with E-state index in [0.717, 1.165) is 0 Å². The van der Waals surface area contributed by atoms with Gasteiger partial charge in [-0.2, -0.15) is 0 Å². The van der Waals surface area contributed by atoms with Gasteiger partial charge in [0.2, 0.25) is 0 Å². The molecule has 21 heavy (non-hydrogen) atoms. The molecule has 0 radical (unpaired) electrons. The molecule has 2 aromatic rings. The maximum Gasteiger partial charge on any atom is 0.335 e. The Morgan fingerprint density at radius 2 is 2.10 bits per heavy atom. The van der Waals surface area contributed by atoms with Crippen molar-refractivity contribution in [3.05, 3.63) is 44.5 Å². The van der Waals surface area contributed by atoms with Crippen LogP contribution >= 0.6 is 0 Å². The lowest BCUT2D eigenvalue weighted by Gasteiger charge is -2.13. The predicted molar refractivity (Wildman–Crippen MR) is 79.3 cm³/mol. The Morgan fingerprint density at radius 1 is 1.43 bits per heavy atom. The summed E-state index contributed by atoms with van der Waals surface area (Å²) in [6, 6.07) is 4.11. The fourth-order valence-electron chi connectivity index (χ4n) is 1.96. The van der Waals surface area contributed by atoms with E-state index in [9.17, 15) is 18.6 Å². The van der Waals surface area contributed by atoms with Crippen LogP contribution in [0.1, 0.15) is 17.3 Å². The van der Waals surface area contributed by atoms with Crippen molar-refractivity contribution in [2.45, 2.75) is 18.7 Å². The molecule has 0 bridgehead atoms. The summed E-state index contributed by atoms with van der Waals surface area (Å²) in [6.07, 6.45) is 1.52. The third kappa shape index (κ3) is 2.94. The highest BCUT2D eigenvalue weighted by Gasteiger charge is 2.14. The van der Waals surface area contributed by atoms with Crippen molar-refractivity contribution in [3.63, 3.8) is 0 Å². The number of hydrogen-bond donors (Lipinski definition) is 2. The van der Waals surface area contributed by atoms with Crippen LogP contribution in [-0.4, -0.2) is 36.3 Å². The number of rotatable bonds is 4. The molecule has 2 atom stereocenters. The summed E-state index contributed by atoms with van der Waals surface area (Å²) in [5, 5.41) is 8.64. The lowest BCUT2D eigenvalue weighted by Crippen LogP contribution is -2.38. The first kappa shape index (κ1) is 15.2. The van der Waals surface area contributed by atoms with Gasteiger partial charge in [0.15, 0.2) is 0 Å². The third-order valence-corrected chi connectivity index (χ3v) is 4.51. The number of hydrogen-bond acceptors (Lipinski definition) is 4. The first-order valence-electron chi connectivity index (χ1n) is 6.13. The molecule has 0 amide bonds. The van der Waals surface area contributed by atoms with Gasteiger partial charge in [-0.25, -0.2) is 4.79 Å². The Morgan fingerprint density at radius 3 is 2.67 bits per heavy atom. The quantitative estimate of drug-likeness (QED) is 0.782. The van der Waals surface area contributed by atoms with Crippen molar-refractivity contribution < 1.29 is 14.1 Å². The molecular formula is C13H14N2O5S. The first-order chi connectivity index (χ1) is 9.81. The van der Waals surface area contributed by atoms with E-state index in [2.05, 4.69) is 4.98 Å². The van der Waals surface area contributed by atoms with E-state index in [-0.39, 0.29) is 22.9 Å². The second-order valence-corrected chi connectivity index (χ2v) is 6.52. The van der Waals surface area contributed by atoms with Crippen molar-refractivity contribution in [1.82, 2.24) is 9.55 Å². The summed E-state index contributed by atoms with van der Waals surface area (Å²) in [5.41, 5.74) is -0.909. The zero-order chi connectivity index (χ0) is 15.7. The van der Waals surface area contributed by atoms with Gasteiger partial charge in [0.25, 0.3) is 0 Å². The Kier molecular flexibility index (Phi) is 4.08. The number of fused-ring (bicyclic) bond motifs is 1. The van der Waals surface area contributed by atoms with Crippen LogP contribution in [0, 0.1) is 0 Å². The highest BCUT2D eigenvalue weighted by atomic mass is 32.2. The van der Waals surface area contributed by atoms with Crippen LogP contribution in [-0.2, 0) is 17.3 Å². The largest absolute Gasteiger partial charge is 0.478 e. The molecule has 7 nitrogen and oxygen atoms in total. The minimum atomic E-state index is -1.15. The zero-order valence-electron chi connectivity index (χ0n) is 11.5. The molecule has 0 spiro atoms. The van der Waals surface area contributed by atoms with Gasteiger partial charge in [0.1, 0.15) is 0 Å². The standard InChI is InChI=1S/C13H14N2O5S/c1-7(21(2)20)6-15-10-4-3-8(13(18)19)5-9(10)14-11(16)12(15)17/h3-5,7H,6H2,1-2H3,(H,14,16)(H,18,19). The Balaban J connectivity index is 2.71. The highest BCUT2D eigenvalue weighted by Crippen LogP contribution is 2.12. The van der Waals surface area contributed by atoms with Crippen molar-refractivity contribution >= 4 is 27.8 Å². The van der Waals surface area contributed by atoms with Gasteiger partial charge in [0.05, 0.1) is 16.6 Å². The highest BCUT2D eigenvalue weighted by molar-refractivity contribution is 7.84. The Hall–Kier alpha value is -2.22. The average molecular weight is 310 g/mol. The first-order valence-corrected chi connectivity index (χ1v) is 7.75. The van der Waals surface area contributed by atoms with Crippen molar-refractivity contribution in [2.24, 2.45) is 0 Å². The number of aromatic amines is 1. The van der Waals surface area contributed by atoms with E-state index >= 15 is 0 Å². The topological polar surface area (TPSA) is 109 Å². The van der Waals surface area contributed by atoms with Gasteiger partial charge in [-0.05, 0) is 25.1 Å². The average Bonchev–Trinajstić information content (AvgIpc) is 2.42. The number of aromatic nitrogens is 2. The number of benzene rings is 1. The molecule has 0 saturated carbocycles. The van der Waals surface area contributed by atoms with Crippen molar-refractivity contribution in [2.75, 3.05) is 6.26 Å². The molecule has 2 unspecified atom stereocenters. The summed E-state index contributed by atoms with van der Waals surface area (Å²) < 4.78 is 12.7. The van der Waals surface area contributed by atoms with Crippen LogP contribution in [0.15, 0.2) is 27.8 Å². The van der Waals surface area contributed by atoms with E-state index in [1.807, 2.05) is 0 Å². The van der Waals surface area contributed by atoms with Gasteiger partial charge in [-0.1, -0.05) is 0 Å². The lowest BCUT2D eigenvalue weighted by molar-refractivity contribution is 0.0697. The number of aromatic carboxylic acids is 1. The second kappa shape index (κ2) is 5.65. The molecule has 0 aliphatic heterocycles. The molecule has 8 heteroatoms. The van der Waals surface area contributed by atoms with Crippen LogP contribution < -0.4 is 11.1 Å². The number of carbonyl (C=O) groups is 1. The van der Waals surface area contributed by atoms with E-state index in [4.69, 9.17) is 5.11 Å². The summed E-state index contributed by atoms with van der Waals surface area (Å²) in [7, 11) is -1.15. The van der Waals surface area contributed by atoms with Crippen LogP contribution in [0.2, 0.25) is 0 Å². The van der Waals surface area contributed by atoms with E-state index in [1.165, 1.54) is 29.0 Å². The van der Waals surface area contributed by atoms with Gasteiger partial charge in [-0.3, -0.25) is 13.8 Å². The van der Waals surface area contributed by atoms with Gasteiger partial charge < -0.3 is 14.7 Å². The lowest BCUT2D eigenvalue weighted by atomic mass is 10.2. The van der Waals surface area contributed by atoms with Crippen LogP contribution in [0.4, 0.5) is 0 Å². The monoisotopic (exact) mass is 310 g/mol. The van der Waals surface area contributed by atoms with Crippen LogP contribution in [0.25, 0.3) is 11.0 Å². The van der Waals surface area contributed by atoms with E-state index in [0.29, 0.717) is 5.52 Å². The Bertz CT molecular complexity index is 852. The summed E-state index contributed by atoms with van der Waals surface area (Å²) >= 11 is 0. The molecular weight excluding hydrogens is 296 g/mol. The number of nitrogens with zero attached hydrogens (tertiary/aromatic N) is 1. The molecule has 1 heterocycles. The normalized spacial score (nSPS) is 14.0. The molecule has 0 aliphatic rings. The van der Waals surface area contributed by atoms with Crippen LogP contribution in [0.5, 0.6) is 0 Å². The van der Waals surface area contributed by atoms with E-state index in [1.54, 1.807) is 6.92 Å². The van der Waals surface area contributed by atoms with Gasteiger partial charge in [-0.15, -0.1) is 0 Å². The Labute approximate surface area is 121 Å².